The summed E-state index contributed by atoms with van der Waals surface area (Å²) in [5.41, 5.74) is 0. The predicted octanol–water partition coefficient (Wildman–Crippen LogP) is 2.63. The number of nitrogens with one attached hydrogen (secondary N) is 1. The fourth-order valence-electron chi connectivity index (χ4n) is 1.52. The van der Waals surface area contributed by atoms with Crippen molar-refractivity contribution in [2.45, 2.75) is 26.7 Å². The van der Waals surface area contributed by atoms with Crippen molar-refractivity contribution in [1.29, 1.82) is 0 Å². The minimum atomic E-state index is 0.0861. The Balaban J connectivity index is 2.18. The third-order valence-electron chi connectivity index (χ3n) is 2.57. The van der Waals surface area contributed by atoms with E-state index in [2.05, 4.69) is 19.2 Å². The van der Waals surface area contributed by atoms with E-state index in [4.69, 9.17) is 9.47 Å². The maximum Gasteiger partial charge on any atom is 0.220 e. The first-order valence-corrected chi connectivity index (χ1v) is 6.65. The molecule has 4 nitrogen and oxygen atoms in total. The van der Waals surface area contributed by atoms with E-state index >= 15 is 0 Å². The Morgan fingerprint density at radius 3 is 2.74 bits per heavy atom. The maximum atomic E-state index is 11.5. The zero-order valence-corrected chi connectivity index (χ0v) is 11.9. The molecule has 0 aliphatic heterocycles. The molecule has 0 spiro atoms. The molecule has 0 aliphatic carbocycles. The molecule has 1 N–H and O–H groups in total. The number of amides is 1. The van der Waals surface area contributed by atoms with Gasteiger partial charge in [0.15, 0.2) is 0 Å². The Kier molecular flexibility index (Phi) is 6.79. The molecule has 1 aromatic carbocycles. The van der Waals surface area contributed by atoms with Crippen molar-refractivity contribution in [3.05, 3.63) is 24.3 Å². The van der Waals surface area contributed by atoms with Crippen LogP contribution in [0.1, 0.15) is 26.7 Å². The molecule has 1 amide bonds. The molecule has 0 radical (unpaired) electrons. The Hall–Kier alpha value is -1.71. The van der Waals surface area contributed by atoms with Gasteiger partial charge in [0.05, 0.1) is 13.7 Å². The number of hydrogen-bond acceptors (Lipinski definition) is 3. The molecule has 0 bridgehead atoms. The summed E-state index contributed by atoms with van der Waals surface area (Å²) in [6.07, 6.45) is 1.21. The zero-order valence-electron chi connectivity index (χ0n) is 11.9. The van der Waals surface area contributed by atoms with Crippen molar-refractivity contribution < 1.29 is 14.3 Å². The topological polar surface area (TPSA) is 47.6 Å². The summed E-state index contributed by atoms with van der Waals surface area (Å²) in [5, 5.41) is 2.88. The van der Waals surface area contributed by atoms with E-state index in [1.165, 1.54) is 0 Å². The molecular weight excluding hydrogens is 242 g/mol. The summed E-state index contributed by atoms with van der Waals surface area (Å²) in [4.78, 5) is 11.5. The monoisotopic (exact) mass is 265 g/mol. The molecule has 106 valence electrons. The molecule has 0 saturated carbocycles. The fourth-order valence-corrected chi connectivity index (χ4v) is 1.52. The first-order valence-electron chi connectivity index (χ1n) is 6.65. The van der Waals surface area contributed by atoms with Gasteiger partial charge < -0.3 is 14.8 Å². The number of methoxy groups -OCH3 is 1. The van der Waals surface area contributed by atoms with Crippen molar-refractivity contribution in [3.63, 3.8) is 0 Å². The van der Waals surface area contributed by atoms with Gasteiger partial charge in [-0.3, -0.25) is 4.79 Å². The maximum absolute atomic E-state index is 11.5. The van der Waals surface area contributed by atoms with Crippen LogP contribution in [0.25, 0.3) is 0 Å². The van der Waals surface area contributed by atoms with Crippen LogP contribution < -0.4 is 14.8 Å². The highest BCUT2D eigenvalue weighted by Crippen LogP contribution is 2.18. The van der Waals surface area contributed by atoms with Gasteiger partial charge in [-0.2, -0.15) is 0 Å². The number of benzene rings is 1. The normalized spacial score (nSPS) is 10.3. The molecule has 19 heavy (non-hydrogen) atoms. The molecular formula is C15H23NO3. The van der Waals surface area contributed by atoms with Crippen LogP contribution in [0, 0.1) is 5.92 Å². The average Bonchev–Trinajstić information content (AvgIpc) is 2.41. The van der Waals surface area contributed by atoms with Crippen LogP contribution in [-0.2, 0) is 4.79 Å². The van der Waals surface area contributed by atoms with Gasteiger partial charge in [-0.25, -0.2) is 0 Å². The lowest BCUT2D eigenvalue weighted by atomic mass is 10.2. The first-order chi connectivity index (χ1) is 9.11. The highest BCUT2D eigenvalue weighted by atomic mass is 16.5. The van der Waals surface area contributed by atoms with Gasteiger partial charge >= 0.3 is 0 Å². The minimum absolute atomic E-state index is 0.0861. The van der Waals surface area contributed by atoms with Crippen molar-refractivity contribution in [2.75, 3.05) is 20.3 Å². The molecule has 4 heteroatoms. The fraction of sp³-hybridized carbons (Fsp3) is 0.533. The Morgan fingerprint density at radius 2 is 2.05 bits per heavy atom. The molecule has 0 unspecified atom stereocenters. The number of hydrogen-bond donors (Lipinski definition) is 1. The number of carbonyl (C=O) groups is 1. The highest BCUT2D eigenvalue weighted by Gasteiger charge is 2.02. The Morgan fingerprint density at radius 1 is 1.32 bits per heavy atom. The Labute approximate surface area is 115 Å². The van der Waals surface area contributed by atoms with Gasteiger partial charge in [-0.1, -0.05) is 19.9 Å². The van der Waals surface area contributed by atoms with Gasteiger partial charge in [-0.15, -0.1) is 0 Å². The summed E-state index contributed by atoms with van der Waals surface area (Å²) >= 11 is 0. The van der Waals surface area contributed by atoms with Crippen molar-refractivity contribution in [1.82, 2.24) is 5.32 Å². The second-order valence-corrected chi connectivity index (χ2v) is 4.83. The van der Waals surface area contributed by atoms with Crippen LogP contribution in [0.2, 0.25) is 0 Å². The van der Waals surface area contributed by atoms with Crippen LogP contribution >= 0.6 is 0 Å². The summed E-state index contributed by atoms with van der Waals surface area (Å²) in [6.45, 7) is 5.41. The molecule has 1 aromatic rings. The lowest BCUT2D eigenvalue weighted by Gasteiger charge is -2.09. The first kappa shape index (κ1) is 15.3. The van der Waals surface area contributed by atoms with Crippen LogP contribution in [0.15, 0.2) is 24.3 Å². The van der Waals surface area contributed by atoms with E-state index in [1.54, 1.807) is 7.11 Å². The average molecular weight is 265 g/mol. The van der Waals surface area contributed by atoms with Crippen LogP contribution in [0.5, 0.6) is 11.5 Å². The molecule has 0 aliphatic rings. The van der Waals surface area contributed by atoms with E-state index in [1.807, 2.05) is 24.3 Å². The summed E-state index contributed by atoms with van der Waals surface area (Å²) < 4.78 is 10.7. The molecule has 1 rings (SSSR count). The van der Waals surface area contributed by atoms with Crippen LogP contribution in [-0.4, -0.2) is 26.2 Å². The van der Waals surface area contributed by atoms with Gasteiger partial charge in [0.2, 0.25) is 5.91 Å². The van der Waals surface area contributed by atoms with Gasteiger partial charge in [0, 0.05) is 19.0 Å². The smallest absolute Gasteiger partial charge is 0.220 e. The standard InChI is InChI=1S/C15H23NO3/c1-12(2)11-16-15(17)8-5-9-19-14-7-4-6-13(10-14)18-3/h4,6-7,10,12H,5,8-9,11H2,1-3H3,(H,16,17). The summed E-state index contributed by atoms with van der Waals surface area (Å²) in [6, 6.07) is 7.45. The SMILES string of the molecule is COc1cccc(OCCCC(=O)NCC(C)C)c1. The second kappa shape index (κ2) is 8.40. The van der Waals surface area contributed by atoms with E-state index in [-0.39, 0.29) is 5.91 Å². The van der Waals surface area contributed by atoms with Crippen LogP contribution in [0.3, 0.4) is 0 Å². The number of ether oxygens (including phenoxy) is 2. The zero-order chi connectivity index (χ0) is 14.1. The highest BCUT2D eigenvalue weighted by molar-refractivity contribution is 5.75. The largest absolute Gasteiger partial charge is 0.497 e. The minimum Gasteiger partial charge on any atom is -0.497 e. The lowest BCUT2D eigenvalue weighted by molar-refractivity contribution is -0.121. The summed E-state index contributed by atoms with van der Waals surface area (Å²) in [7, 11) is 1.62. The molecule has 0 atom stereocenters. The third kappa shape index (κ3) is 6.70. The third-order valence-corrected chi connectivity index (χ3v) is 2.57. The van der Waals surface area contributed by atoms with Crippen molar-refractivity contribution in [3.8, 4) is 11.5 Å². The van der Waals surface area contributed by atoms with Crippen LogP contribution in [0.4, 0.5) is 0 Å². The lowest BCUT2D eigenvalue weighted by Crippen LogP contribution is -2.27. The summed E-state index contributed by atoms with van der Waals surface area (Å²) in [5.74, 6) is 2.11. The molecule has 0 heterocycles. The van der Waals surface area contributed by atoms with E-state index in [9.17, 15) is 4.79 Å². The quantitative estimate of drug-likeness (QED) is 0.735. The van der Waals surface area contributed by atoms with E-state index in [0.29, 0.717) is 25.4 Å². The molecule has 0 fully saturated rings. The number of carbonyl (C=O) groups excluding carboxylic acids is 1. The number of rotatable bonds is 8. The van der Waals surface area contributed by atoms with Crippen molar-refractivity contribution >= 4 is 5.91 Å². The van der Waals surface area contributed by atoms with E-state index in [0.717, 1.165) is 18.0 Å². The second-order valence-electron chi connectivity index (χ2n) is 4.83. The van der Waals surface area contributed by atoms with Gasteiger partial charge in [0.25, 0.3) is 0 Å². The predicted molar refractivity (Wildman–Crippen MR) is 75.6 cm³/mol. The Bertz CT molecular complexity index is 391. The van der Waals surface area contributed by atoms with Crippen molar-refractivity contribution in [2.24, 2.45) is 5.92 Å². The van der Waals surface area contributed by atoms with E-state index < -0.39 is 0 Å². The van der Waals surface area contributed by atoms with Gasteiger partial charge in [-0.05, 0) is 24.5 Å². The molecule has 0 saturated heterocycles. The van der Waals surface area contributed by atoms with Gasteiger partial charge in [0.1, 0.15) is 11.5 Å². The molecule has 0 aromatic heterocycles.